The van der Waals surface area contributed by atoms with Crippen LogP contribution in [0.15, 0.2) is 78.9 Å². The minimum Gasteiger partial charge on any atom is -0.496 e. The van der Waals surface area contributed by atoms with Gasteiger partial charge in [-0.25, -0.2) is 4.79 Å². The Morgan fingerprint density at radius 1 is 0.861 bits per heavy atom. The number of halogens is 1. The molecule has 0 unspecified atom stereocenters. The van der Waals surface area contributed by atoms with Gasteiger partial charge in [0.2, 0.25) is 5.88 Å². The first-order valence-corrected chi connectivity index (χ1v) is 11.9. The average molecular weight is 502 g/mol. The molecule has 0 aliphatic carbocycles. The topological polar surface area (TPSA) is 80.8 Å². The Bertz CT molecular complexity index is 1560. The molecule has 0 atom stereocenters. The number of nitrogens with one attached hydrogen (secondary N) is 1. The van der Waals surface area contributed by atoms with E-state index < -0.39 is 6.16 Å². The third-order valence-corrected chi connectivity index (χ3v) is 6.48. The van der Waals surface area contributed by atoms with E-state index in [9.17, 15) is 9.90 Å². The predicted octanol–water partition coefficient (Wildman–Crippen LogP) is 7.72. The first-order valence-electron chi connectivity index (χ1n) is 11.5. The number of rotatable bonds is 8. The molecule has 0 fully saturated rings. The lowest BCUT2D eigenvalue weighted by atomic mass is 10.00. The number of para-hydroxylation sites is 2. The number of aryl methyl sites for hydroxylation is 1. The van der Waals surface area contributed by atoms with Gasteiger partial charge in [-0.1, -0.05) is 72.3 Å². The van der Waals surface area contributed by atoms with E-state index in [1.54, 1.807) is 7.11 Å². The summed E-state index contributed by atoms with van der Waals surface area (Å²) in [7, 11) is 1.63. The van der Waals surface area contributed by atoms with Gasteiger partial charge in [-0.15, -0.1) is 0 Å². The molecule has 0 aliphatic heterocycles. The Kier molecular flexibility index (Phi) is 6.69. The number of aromatic nitrogens is 1. The van der Waals surface area contributed by atoms with Crippen LogP contribution in [-0.4, -0.2) is 30.0 Å². The van der Waals surface area contributed by atoms with Crippen molar-refractivity contribution in [3.8, 4) is 28.5 Å². The smallest absolute Gasteiger partial charge is 0.496 e. The number of ether oxygens (including phenoxy) is 3. The second kappa shape index (κ2) is 10.2. The van der Waals surface area contributed by atoms with Gasteiger partial charge in [-0.05, 0) is 31.0 Å². The Morgan fingerprint density at radius 2 is 1.58 bits per heavy atom. The minimum atomic E-state index is -1.37. The van der Waals surface area contributed by atoms with E-state index in [1.807, 2.05) is 78.9 Å². The van der Waals surface area contributed by atoms with Gasteiger partial charge < -0.3 is 24.3 Å². The molecule has 0 bridgehead atoms. The van der Waals surface area contributed by atoms with Crippen molar-refractivity contribution in [2.24, 2.45) is 0 Å². The fraction of sp³-hybridized carbons (Fsp3) is 0.138. The summed E-state index contributed by atoms with van der Waals surface area (Å²) in [6.45, 7) is 0.441. The number of methoxy groups -OCH3 is 1. The predicted molar refractivity (Wildman–Crippen MR) is 142 cm³/mol. The molecule has 0 spiro atoms. The normalized spacial score (nSPS) is 11.1. The SMILES string of the molecule is COc1ccccc1-c1cccc2c(CCCOc3ccc(Cl)c4ccccc34)c(OC(=O)O)[nH]c12. The fourth-order valence-corrected chi connectivity index (χ4v) is 4.78. The monoisotopic (exact) mass is 501 g/mol. The van der Waals surface area contributed by atoms with E-state index in [-0.39, 0.29) is 5.88 Å². The zero-order chi connectivity index (χ0) is 25.1. The van der Waals surface area contributed by atoms with Crippen molar-refractivity contribution >= 4 is 39.4 Å². The number of carbonyl (C=O) groups is 1. The molecule has 0 radical (unpaired) electrons. The van der Waals surface area contributed by atoms with Gasteiger partial charge in [-0.2, -0.15) is 0 Å². The molecule has 1 aromatic heterocycles. The Balaban J connectivity index is 1.43. The van der Waals surface area contributed by atoms with Gasteiger partial charge in [0.05, 0.1) is 19.2 Å². The zero-order valence-corrected chi connectivity index (χ0v) is 20.3. The average Bonchev–Trinajstić information content (AvgIpc) is 3.24. The molecule has 0 amide bonds. The number of fused-ring (bicyclic) bond motifs is 2. The molecule has 0 saturated carbocycles. The van der Waals surface area contributed by atoms with E-state index in [1.165, 1.54) is 0 Å². The lowest BCUT2D eigenvalue weighted by Gasteiger charge is -2.11. The largest absolute Gasteiger partial charge is 0.512 e. The summed E-state index contributed by atoms with van der Waals surface area (Å²) in [5.41, 5.74) is 3.38. The highest BCUT2D eigenvalue weighted by atomic mass is 35.5. The van der Waals surface area contributed by atoms with Gasteiger partial charge in [-0.3, -0.25) is 0 Å². The maximum absolute atomic E-state index is 11.4. The molecule has 0 saturated heterocycles. The second-order valence-corrected chi connectivity index (χ2v) is 8.68. The van der Waals surface area contributed by atoms with Crippen molar-refractivity contribution in [1.82, 2.24) is 4.98 Å². The van der Waals surface area contributed by atoms with Gasteiger partial charge in [0.1, 0.15) is 11.5 Å². The Labute approximate surface area is 213 Å². The van der Waals surface area contributed by atoms with Crippen molar-refractivity contribution in [2.75, 3.05) is 13.7 Å². The highest BCUT2D eigenvalue weighted by Gasteiger charge is 2.19. The maximum Gasteiger partial charge on any atom is 0.512 e. The summed E-state index contributed by atoms with van der Waals surface area (Å²) in [5, 5.41) is 12.8. The number of benzene rings is 4. The van der Waals surface area contributed by atoms with Gasteiger partial charge >= 0.3 is 6.16 Å². The molecule has 4 aromatic carbocycles. The molecule has 2 N–H and O–H groups in total. The van der Waals surface area contributed by atoms with Crippen LogP contribution in [0.5, 0.6) is 17.4 Å². The fourth-order valence-electron chi connectivity index (χ4n) is 4.56. The molecule has 1 heterocycles. The number of carboxylic acid groups (broad SMARTS) is 1. The van der Waals surface area contributed by atoms with E-state index >= 15 is 0 Å². The van der Waals surface area contributed by atoms with Crippen LogP contribution in [0.2, 0.25) is 5.02 Å². The van der Waals surface area contributed by atoms with Crippen LogP contribution in [0.1, 0.15) is 12.0 Å². The molecule has 6 nitrogen and oxygen atoms in total. The lowest BCUT2D eigenvalue weighted by molar-refractivity contribution is 0.142. The van der Waals surface area contributed by atoms with Gasteiger partial charge in [0.15, 0.2) is 0 Å². The van der Waals surface area contributed by atoms with Crippen LogP contribution in [0.4, 0.5) is 4.79 Å². The molecule has 7 heteroatoms. The van der Waals surface area contributed by atoms with Crippen molar-refractivity contribution in [1.29, 1.82) is 0 Å². The standard InChI is InChI=1S/C29H24ClNO5/c1-34-25-14-5-4-10-20(25)21-11-6-12-22-23(28(31-27(21)22)36-29(32)33)13-7-17-35-26-16-15-24(30)18-8-2-3-9-19(18)26/h2-6,8-12,14-16,31H,7,13,17H2,1H3,(H,32,33). The third kappa shape index (κ3) is 4.55. The molecule has 36 heavy (non-hydrogen) atoms. The summed E-state index contributed by atoms with van der Waals surface area (Å²) >= 11 is 6.32. The van der Waals surface area contributed by atoms with E-state index in [4.69, 9.17) is 25.8 Å². The van der Waals surface area contributed by atoms with Gasteiger partial charge in [0, 0.05) is 37.9 Å². The van der Waals surface area contributed by atoms with Crippen molar-refractivity contribution in [3.63, 3.8) is 0 Å². The van der Waals surface area contributed by atoms with E-state index in [0.717, 1.165) is 49.9 Å². The van der Waals surface area contributed by atoms with E-state index in [2.05, 4.69) is 4.98 Å². The molecular weight excluding hydrogens is 478 g/mol. The van der Waals surface area contributed by atoms with Crippen molar-refractivity contribution in [2.45, 2.75) is 12.8 Å². The number of hydrogen-bond donors (Lipinski definition) is 2. The van der Waals surface area contributed by atoms with Crippen LogP contribution in [-0.2, 0) is 6.42 Å². The lowest BCUT2D eigenvalue weighted by Crippen LogP contribution is -2.06. The van der Waals surface area contributed by atoms with Crippen LogP contribution in [0.3, 0.4) is 0 Å². The number of hydrogen-bond acceptors (Lipinski definition) is 4. The van der Waals surface area contributed by atoms with E-state index in [0.29, 0.717) is 24.5 Å². The second-order valence-electron chi connectivity index (χ2n) is 8.27. The number of aromatic amines is 1. The van der Waals surface area contributed by atoms with Crippen molar-refractivity contribution < 1.29 is 24.1 Å². The zero-order valence-electron chi connectivity index (χ0n) is 19.6. The van der Waals surface area contributed by atoms with Crippen LogP contribution in [0, 0.1) is 0 Å². The maximum atomic E-state index is 11.4. The number of H-pyrrole nitrogens is 1. The summed E-state index contributed by atoms with van der Waals surface area (Å²) in [4.78, 5) is 14.6. The minimum absolute atomic E-state index is 0.219. The summed E-state index contributed by atoms with van der Waals surface area (Å²) in [6, 6.07) is 25.1. The van der Waals surface area contributed by atoms with Crippen LogP contribution >= 0.6 is 11.6 Å². The third-order valence-electron chi connectivity index (χ3n) is 6.15. The summed E-state index contributed by atoms with van der Waals surface area (Å²) in [5.74, 6) is 1.71. The molecule has 5 aromatic rings. The first kappa shape index (κ1) is 23.6. The first-order chi connectivity index (χ1) is 17.6. The molecular formula is C29H24ClNO5. The Hall–Kier alpha value is -4.16. The van der Waals surface area contributed by atoms with Gasteiger partial charge in [0.25, 0.3) is 0 Å². The van der Waals surface area contributed by atoms with Crippen molar-refractivity contribution in [3.05, 3.63) is 89.4 Å². The molecule has 0 aliphatic rings. The quantitative estimate of drug-likeness (QED) is 0.168. The highest BCUT2D eigenvalue weighted by molar-refractivity contribution is 6.35. The summed E-state index contributed by atoms with van der Waals surface area (Å²) in [6.07, 6.45) is -0.159. The van der Waals surface area contributed by atoms with Crippen LogP contribution < -0.4 is 14.2 Å². The Morgan fingerprint density at radius 3 is 2.39 bits per heavy atom. The highest BCUT2D eigenvalue weighted by Crippen LogP contribution is 2.39. The molecule has 5 rings (SSSR count). The summed E-state index contributed by atoms with van der Waals surface area (Å²) < 4.78 is 16.8. The molecule has 182 valence electrons. The van der Waals surface area contributed by atoms with Crippen LogP contribution in [0.25, 0.3) is 32.8 Å².